The van der Waals surface area contributed by atoms with Crippen LogP contribution in [0.3, 0.4) is 0 Å². The number of aromatic nitrogens is 2. The summed E-state index contributed by atoms with van der Waals surface area (Å²) >= 11 is 0. The number of hydrogen-bond acceptors (Lipinski definition) is 4. The summed E-state index contributed by atoms with van der Waals surface area (Å²) in [6.45, 7) is 8.87. The quantitative estimate of drug-likeness (QED) is 0.861. The molecule has 24 heavy (non-hydrogen) atoms. The normalized spacial score (nSPS) is 16.7. The van der Waals surface area contributed by atoms with Gasteiger partial charge in [-0.05, 0) is 47.1 Å². The molecule has 0 radical (unpaired) electrons. The van der Waals surface area contributed by atoms with Crippen LogP contribution in [-0.4, -0.2) is 70.0 Å². The molecule has 2 amide bonds. The number of anilines is 1. The highest BCUT2D eigenvalue weighted by atomic mass is 16.3. The summed E-state index contributed by atoms with van der Waals surface area (Å²) in [4.78, 5) is 16.6. The molecule has 0 spiro atoms. The Morgan fingerprint density at radius 2 is 2.08 bits per heavy atom. The van der Waals surface area contributed by atoms with E-state index in [4.69, 9.17) is 5.11 Å². The van der Waals surface area contributed by atoms with E-state index in [-0.39, 0.29) is 18.2 Å². The minimum absolute atomic E-state index is 0.0556. The van der Waals surface area contributed by atoms with Crippen molar-refractivity contribution < 1.29 is 9.90 Å². The topological polar surface area (TPSA) is 73.6 Å². The van der Waals surface area contributed by atoms with Crippen LogP contribution in [0.2, 0.25) is 0 Å². The van der Waals surface area contributed by atoms with Crippen LogP contribution in [0.4, 0.5) is 10.5 Å². The van der Waals surface area contributed by atoms with Crippen molar-refractivity contribution >= 4 is 11.7 Å². The van der Waals surface area contributed by atoms with Gasteiger partial charge >= 0.3 is 6.03 Å². The fraction of sp³-hybridized carbons (Fsp3) is 0.765. The SMILES string of the molecule is CN(CCCO)C1CCN(C(=O)Nc2cnn(C(C)(C)C)c2)CC1. The van der Waals surface area contributed by atoms with Crippen molar-refractivity contribution in [3.8, 4) is 0 Å². The Bertz CT molecular complexity index is 529. The number of carbonyl (C=O) groups excluding carboxylic acids is 1. The van der Waals surface area contributed by atoms with E-state index in [0.717, 1.165) is 44.6 Å². The number of rotatable bonds is 5. The Kier molecular flexibility index (Phi) is 6.23. The largest absolute Gasteiger partial charge is 0.396 e. The molecule has 7 nitrogen and oxygen atoms in total. The standard InChI is InChI=1S/C17H31N5O2/c1-17(2,3)22-13-14(12-18-22)19-16(24)21-9-6-15(7-10-21)20(4)8-5-11-23/h12-13,15,23H,5-11H2,1-4H3,(H,19,24). The molecule has 1 aromatic rings. The van der Waals surface area contributed by atoms with Crippen molar-refractivity contribution in [1.82, 2.24) is 19.6 Å². The molecule has 1 saturated heterocycles. The number of amides is 2. The first-order valence-electron chi connectivity index (χ1n) is 8.73. The van der Waals surface area contributed by atoms with E-state index in [1.165, 1.54) is 0 Å². The minimum atomic E-state index is -0.0967. The first-order chi connectivity index (χ1) is 11.3. The van der Waals surface area contributed by atoms with E-state index in [0.29, 0.717) is 6.04 Å². The van der Waals surface area contributed by atoms with Crippen LogP contribution in [-0.2, 0) is 5.54 Å². The Morgan fingerprint density at radius 1 is 1.42 bits per heavy atom. The molecule has 0 aromatic carbocycles. The molecule has 0 atom stereocenters. The van der Waals surface area contributed by atoms with Crippen LogP contribution >= 0.6 is 0 Å². The van der Waals surface area contributed by atoms with Gasteiger partial charge in [-0.25, -0.2) is 4.79 Å². The van der Waals surface area contributed by atoms with Gasteiger partial charge in [0.1, 0.15) is 0 Å². The Balaban J connectivity index is 1.81. The second-order valence-corrected chi connectivity index (χ2v) is 7.55. The molecule has 1 aliphatic rings. The zero-order chi connectivity index (χ0) is 17.7. The third kappa shape index (κ3) is 4.95. The molecule has 2 N–H and O–H groups in total. The summed E-state index contributed by atoms with van der Waals surface area (Å²) in [6.07, 6.45) is 6.30. The smallest absolute Gasteiger partial charge is 0.321 e. The van der Waals surface area contributed by atoms with Crippen molar-refractivity contribution in [2.75, 3.05) is 38.6 Å². The predicted molar refractivity (Wildman–Crippen MR) is 95.2 cm³/mol. The highest BCUT2D eigenvalue weighted by molar-refractivity contribution is 5.89. The van der Waals surface area contributed by atoms with Gasteiger partial charge in [-0.3, -0.25) is 4.68 Å². The zero-order valence-corrected chi connectivity index (χ0v) is 15.3. The van der Waals surface area contributed by atoms with Crippen molar-refractivity contribution in [3.63, 3.8) is 0 Å². The summed E-state index contributed by atoms with van der Waals surface area (Å²) in [5.41, 5.74) is 0.637. The summed E-state index contributed by atoms with van der Waals surface area (Å²) < 4.78 is 1.85. The fourth-order valence-corrected chi connectivity index (χ4v) is 2.97. The van der Waals surface area contributed by atoms with E-state index in [1.54, 1.807) is 6.20 Å². The van der Waals surface area contributed by atoms with E-state index >= 15 is 0 Å². The molecule has 0 unspecified atom stereocenters. The van der Waals surface area contributed by atoms with Crippen LogP contribution in [0.25, 0.3) is 0 Å². The molecular weight excluding hydrogens is 306 g/mol. The first-order valence-corrected chi connectivity index (χ1v) is 8.73. The van der Waals surface area contributed by atoms with E-state index < -0.39 is 0 Å². The number of carbonyl (C=O) groups is 1. The third-order valence-electron chi connectivity index (χ3n) is 4.57. The van der Waals surface area contributed by atoms with E-state index in [2.05, 4.69) is 43.1 Å². The number of nitrogens with zero attached hydrogens (tertiary/aromatic N) is 4. The molecule has 2 rings (SSSR count). The predicted octanol–water partition coefficient (Wildman–Crippen LogP) is 1.95. The molecule has 2 heterocycles. The Labute approximate surface area is 144 Å². The van der Waals surface area contributed by atoms with Gasteiger partial charge < -0.3 is 20.2 Å². The lowest BCUT2D eigenvalue weighted by Crippen LogP contribution is -2.47. The first kappa shape index (κ1) is 18.7. The van der Waals surface area contributed by atoms with Crippen molar-refractivity contribution in [1.29, 1.82) is 0 Å². The van der Waals surface area contributed by atoms with Gasteiger partial charge in [-0.2, -0.15) is 5.10 Å². The van der Waals surface area contributed by atoms with Gasteiger partial charge in [0.05, 0.1) is 17.4 Å². The van der Waals surface area contributed by atoms with Gasteiger partial charge in [-0.15, -0.1) is 0 Å². The maximum atomic E-state index is 12.4. The second-order valence-electron chi connectivity index (χ2n) is 7.55. The number of aliphatic hydroxyl groups excluding tert-OH is 1. The molecular formula is C17H31N5O2. The lowest BCUT2D eigenvalue weighted by Gasteiger charge is -2.36. The maximum Gasteiger partial charge on any atom is 0.321 e. The van der Waals surface area contributed by atoms with Gasteiger partial charge in [0.2, 0.25) is 0 Å². The van der Waals surface area contributed by atoms with Gasteiger partial charge in [0.25, 0.3) is 0 Å². The number of nitrogens with one attached hydrogen (secondary N) is 1. The number of urea groups is 1. The Hall–Kier alpha value is -1.60. The van der Waals surface area contributed by atoms with Crippen LogP contribution in [0.15, 0.2) is 12.4 Å². The molecule has 0 bridgehead atoms. The highest BCUT2D eigenvalue weighted by Crippen LogP contribution is 2.19. The van der Waals surface area contributed by atoms with Crippen LogP contribution in [0.1, 0.15) is 40.0 Å². The fourth-order valence-electron chi connectivity index (χ4n) is 2.97. The summed E-state index contributed by atoms with van der Waals surface area (Å²) in [6, 6.07) is 0.434. The average molecular weight is 337 g/mol. The van der Waals surface area contributed by atoms with E-state index in [1.807, 2.05) is 15.8 Å². The van der Waals surface area contributed by atoms with Gasteiger partial charge in [0, 0.05) is 38.5 Å². The van der Waals surface area contributed by atoms with Gasteiger partial charge in [0.15, 0.2) is 0 Å². The molecule has 1 aromatic heterocycles. The molecule has 0 saturated carbocycles. The number of piperidine rings is 1. The number of hydrogen-bond donors (Lipinski definition) is 2. The van der Waals surface area contributed by atoms with E-state index in [9.17, 15) is 4.79 Å². The van der Waals surface area contributed by atoms with Crippen LogP contribution < -0.4 is 5.32 Å². The summed E-state index contributed by atoms with van der Waals surface area (Å²) in [5.74, 6) is 0. The second kappa shape index (κ2) is 7.98. The number of aliphatic hydroxyl groups is 1. The molecule has 136 valence electrons. The molecule has 0 aliphatic carbocycles. The van der Waals surface area contributed by atoms with Crippen LogP contribution in [0.5, 0.6) is 0 Å². The van der Waals surface area contributed by atoms with Crippen molar-refractivity contribution in [3.05, 3.63) is 12.4 Å². The summed E-state index contributed by atoms with van der Waals surface area (Å²) in [5, 5.41) is 16.2. The monoisotopic (exact) mass is 337 g/mol. The van der Waals surface area contributed by atoms with Crippen molar-refractivity contribution in [2.24, 2.45) is 0 Å². The molecule has 7 heteroatoms. The van der Waals surface area contributed by atoms with Gasteiger partial charge in [-0.1, -0.05) is 0 Å². The highest BCUT2D eigenvalue weighted by Gasteiger charge is 2.25. The number of likely N-dealkylation sites (tertiary alicyclic amines) is 1. The molecule has 1 aliphatic heterocycles. The lowest BCUT2D eigenvalue weighted by atomic mass is 10.0. The maximum absolute atomic E-state index is 12.4. The van der Waals surface area contributed by atoms with Crippen molar-refractivity contribution in [2.45, 2.75) is 51.6 Å². The lowest BCUT2D eigenvalue weighted by molar-refractivity contribution is 0.134. The van der Waals surface area contributed by atoms with Crippen LogP contribution in [0, 0.1) is 0 Å². The average Bonchev–Trinajstić information content (AvgIpc) is 3.01. The minimum Gasteiger partial charge on any atom is -0.396 e. The Morgan fingerprint density at radius 3 is 2.62 bits per heavy atom. The third-order valence-corrected chi connectivity index (χ3v) is 4.57. The zero-order valence-electron chi connectivity index (χ0n) is 15.3. The molecule has 1 fully saturated rings. The summed E-state index contributed by atoms with van der Waals surface area (Å²) in [7, 11) is 2.09.